The molecule has 0 saturated carbocycles. The predicted octanol–water partition coefficient (Wildman–Crippen LogP) is 8.20. The fraction of sp³-hybridized carbons (Fsp3) is 0.769. The lowest BCUT2D eigenvalue weighted by molar-refractivity contribution is 0.0920. The summed E-state index contributed by atoms with van der Waals surface area (Å²) in [6, 6.07) is 9.28. The average molecular weight is 407 g/mol. The maximum absolute atomic E-state index is 5.56. The van der Waals surface area contributed by atoms with Crippen molar-refractivity contribution in [2.75, 3.05) is 18.1 Å². The molecule has 0 aliphatic heterocycles. The summed E-state index contributed by atoms with van der Waals surface area (Å²) in [6.45, 7) is 12.0. The van der Waals surface area contributed by atoms with E-state index in [0.717, 1.165) is 12.4 Å². The van der Waals surface area contributed by atoms with E-state index in [9.17, 15) is 0 Å². The number of thioether (sulfide) groups is 1. The topological polar surface area (TPSA) is 9.23 Å². The van der Waals surface area contributed by atoms with E-state index in [1.165, 1.54) is 81.1 Å². The second-order valence-corrected chi connectivity index (χ2v) is 10.6. The van der Waals surface area contributed by atoms with Crippen molar-refractivity contribution in [2.24, 2.45) is 0 Å². The first kappa shape index (κ1) is 25.6. The molecule has 0 amide bonds. The van der Waals surface area contributed by atoms with Gasteiger partial charge in [0.05, 0.1) is 12.7 Å². The highest BCUT2D eigenvalue weighted by molar-refractivity contribution is 7.99. The van der Waals surface area contributed by atoms with Crippen LogP contribution in [-0.4, -0.2) is 24.2 Å². The lowest BCUT2D eigenvalue weighted by atomic mass is 9.86. The van der Waals surface area contributed by atoms with Gasteiger partial charge in [0, 0.05) is 5.75 Å². The van der Waals surface area contributed by atoms with E-state index in [2.05, 4.69) is 58.9 Å². The molecule has 0 unspecified atom stereocenters. The van der Waals surface area contributed by atoms with Gasteiger partial charge >= 0.3 is 0 Å². The predicted molar refractivity (Wildman–Crippen MR) is 129 cm³/mol. The van der Waals surface area contributed by atoms with Gasteiger partial charge in [-0.25, -0.2) is 0 Å². The van der Waals surface area contributed by atoms with Crippen molar-refractivity contribution >= 4 is 11.8 Å². The van der Waals surface area contributed by atoms with Gasteiger partial charge in [-0.05, 0) is 55.4 Å². The number of benzene rings is 1. The van der Waals surface area contributed by atoms with Crippen LogP contribution in [0.5, 0.6) is 0 Å². The number of rotatable bonds is 16. The molecule has 0 fully saturated rings. The summed E-state index contributed by atoms with van der Waals surface area (Å²) < 4.78 is 5.56. The van der Waals surface area contributed by atoms with Crippen LogP contribution in [0, 0.1) is 0 Å². The van der Waals surface area contributed by atoms with Crippen LogP contribution in [0.1, 0.15) is 104 Å². The minimum absolute atomic E-state index is 0.264. The molecule has 1 aromatic carbocycles. The van der Waals surface area contributed by atoms with Crippen molar-refractivity contribution in [3.05, 3.63) is 35.4 Å². The molecule has 0 atom stereocenters. The molecule has 0 spiro atoms. The summed E-state index contributed by atoms with van der Waals surface area (Å²) in [4.78, 5) is 0. The number of ether oxygens (including phenoxy) is 1. The van der Waals surface area contributed by atoms with Crippen LogP contribution in [0.15, 0.2) is 24.3 Å². The molecular weight excluding hydrogens is 360 g/mol. The van der Waals surface area contributed by atoms with Crippen molar-refractivity contribution in [2.45, 2.75) is 110 Å². The third kappa shape index (κ3) is 13.7. The molecule has 28 heavy (non-hydrogen) atoms. The first-order valence-corrected chi connectivity index (χ1v) is 12.8. The third-order valence-electron chi connectivity index (χ3n) is 5.25. The molecule has 0 bridgehead atoms. The van der Waals surface area contributed by atoms with Gasteiger partial charge in [0.25, 0.3) is 0 Å². The molecule has 0 saturated heterocycles. The second kappa shape index (κ2) is 15.4. The highest BCUT2D eigenvalue weighted by Crippen LogP contribution is 2.22. The van der Waals surface area contributed by atoms with Crippen LogP contribution in [0.3, 0.4) is 0 Å². The molecule has 0 aliphatic carbocycles. The molecule has 2 heteroatoms. The summed E-state index contributed by atoms with van der Waals surface area (Å²) in [5, 5.41) is 0. The summed E-state index contributed by atoms with van der Waals surface area (Å²) in [6.07, 6.45) is 14.2. The van der Waals surface area contributed by atoms with Gasteiger partial charge < -0.3 is 4.74 Å². The fourth-order valence-electron chi connectivity index (χ4n) is 3.39. The Hall–Kier alpha value is -0.470. The van der Waals surface area contributed by atoms with Gasteiger partial charge in [0.2, 0.25) is 0 Å². The van der Waals surface area contributed by atoms with Crippen molar-refractivity contribution < 1.29 is 4.74 Å². The summed E-state index contributed by atoms with van der Waals surface area (Å²) in [5.74, 6) is 2.46. The fourth-order valence-corrected chi connectivity index (χ4v) is 4.21. The highest BCUT2D eigenvalue weighted by atomic mass is 32.2. The third-order valence-corrected chi connectivity index (χ3v) is 6.29. The Bertz CT molecular complexity index is 472. The van der Waals surface area contributed by atoms with E-state index in [0.29, 0.717) is 6.10 Å². The number of hydrogen-bond donors (Lipinski definition) is 0. The van der Waals surface area contributed by atoms with E-state index >= 15 is 0 Å². The monoisotopic (exact) mass is 406 g/mol. The van der Waals surface area contributed by atoms with E-state index in [-0.39, 0.29) is 5.41 Å². The maximum atomic E-state index is 5.56. The Labute approximate surface area is 180 Å². The molecule has 1 rings (SSSR count). The van der Waals surface area contributed by atoms with Crippen LogP contribution < -0.4 is 0 Å². The highest BCUT2D eigenvalue weighted by Gasteiger charge is 2.12. The van der Waals surface area contributed by atoms with Gasteiger partial charge in [0.1, 0.15) is 0 Å². The smallest absolute Gasteiger partial charge is 0.0560 e. The Kier molecular flexibility index (Phi) is 14.0. The standard InChI is InChI=1S/C26H46OS/c1-23(2)27-20-22-28-21-14-12-10-8-6-7-9-11-13-15-24-16-18-25(19-17-24)26(3,4)5/h16-19,23H,6-15,20-22H2,1-5H3. The molecule has 0 aromatic heterocycles. The summed E-state index contributed by atoms with van der Waals surface area (Å²) >= 11 is 2.05. The zero-order chi connectivity index (χ0) is 20.7. The average Bonchev–Trinajstić information content (AvgIpc) is 2.64. The Balaban J connectivity index is 1.85. The molecule has 162 valence electrons. The minimum Gasteiger partial charge on any atom is -0.378 e. The van der Waals surface area contributed by atoms with Crippen LogP contribution in [-0.2, 0) is 16.6 Å². The van der Waals surface area contributed by atoms with E-state index in [1.54, 1.807) is 0 Å². The van der Waals surface area contributed by atoms with E-state index < -0.39 is 0 Å². The lowest BCUT2D eigenvalue weighted by Gasteiger charge is -2.19. The Morgan fingerprint density at radius 1 is 0.750 bits per heavy atom. The molecular formula is C26H46OS. The first-order valence-electron chi connectivity index (χ1n) is 11.7. The van der Waals surface area contributed by atoms with Crippen LogP contribution in [0.4, 0.5) is 0 Å². The van der Waals surface area contributed by atoms with Crippen molar-refractivity contribution in [3.63, 3.8) is 0 Å². The largest absolute Gasteiger partial charge is 0.378 e. The molecule has 0 aliphatic rings. The van der Waals surface area contributed by atoms with E-state index in [4.69, 9.17) is 4.74 Å². The number of unbranched alkanes of at least 4 members (excludes halogenated alkanes) is 8. The van der Waals surface area contributed by atoms with Gasteiger partial charge in [-0.3, -0.25) is 0 Å². The molecule has 0 heterocycles. The first-order chi connectivity index (χ1) is 13.4. The molecule has 1 aromatic rings. The second-order valence-electron chi connectivity index (χ2n) is 9.41. The van der Waals surface area contributed by atoms with Crippen LogP contribution in [0.2, 0.25) is 0 Å². The van der Waals surface area contributed by atoms with Crippen LogP contribution >= 0.6 is 11.8 Å². The Morgan fingerprint density at radius 3 is 1.82 bits per heavy atom. The minimum atomic E-state index is 0.264. The maximum Gasteiger partial charge on any atom is 0.0560 e. The normalized spacial score (nSPS) is 12.1. The van der Waals surface area contributed by atoms with Gasteiger partial charge in [0.15, 0.2) is 0 Å². The summed E-state index contributed by atoms with van der Waals surface area (Å²) in [5.41, 5.74) is 3.20. The molecule has 1 nitrogen and oxygen atoms in total. The van der Waals surface area contributed by atoms with Crippen molar-refractivity contribution in [1.82, 2.24) is 0 Å². The van der Waals surface area contributed by atoms with Gasteiger partial charge in [-0.1, -0.05) is 90.0 Å². The van der Waals surface area contributed by atoms with Gasteiger partial charge in [-0.2, -0.15) is 11.8 Å². The van der Waals surface area contributed by atoms with E-state index in [1.807, 2.05) is 11.8 Å². The zero-order valence-corrected chi connectivity index (χ0v) is 20.2. The SMILES string of the molecule is CC(C)OCCSCCCCCCCCCCCc1ccc(C(C)(C)C)cc1. The van der Waals surface area contributed by atoms with Gasteiger partial charge in [-0.15, -0.1) is 0 Å². The summed E-state index contributed by atoms with van der Waals surface area (Å²) in [7, 11) is 0. The Morgan fingerprint density at radius 2 is 1.29 bits per heavy atom. The van der Waals surface area contributed by atoms with Crippen LogP contribution in [0.25, 0.3) is 0 Å². The lowest BCUT2D eigenvalue weighted by Crippen LogP contribution is -2.10. The number of hydrogen-bond acceptors (Lipinski definition) is 2. The molecule has 0 radical (unpaired) electrons. The number of aryl methyl sites for hydroxylation is 1. The van der Waals surface area contributed by atoms with Crippen molar-refractivity contribution in [3.8, 4) is 0 Å². The zero-order valence-electron chi connectivity index (χ0n) is 19.4. The quantitative estimate of drug-likeness (QED) is 0.256. The molecule has 0 N–H and O–H groups in total. The van der Waals surface area contributed by atoms with Crippen molar-refractivity contribution in [1.29, 1.82) is 0 Å².